The quantitative estimate of drug-likeness (QED) is 0.483. The molecule has 10 heteroatoms. The van der Waals surface area contributed by atoms with Gasteiger partial charge in [-0.05, 0) is 67.6 Å². The van der Waals surface area contributed by atoms with Crippen LogP contribution in [0.3, 0.4) is 0 Å². The average molecular weight is 570 g/mol. The number of rotatable bonds is 6. The molecule has 37 heavy (non-hydrogen) atoms. The van der Waals surface area contributed by atoms with E-state index in [0.717, 1.165) is 69.5 Å². The zero-order valence-electron chi connectivity index (χ0n) is 20.8. The van der Waals surface area contributed by atoms with E-state index in [1.54, 1.807) is 24.1 Å². The van der Waals surface area contributed by atoms with Gasteiger partial charge in [-0.1, -0.05) is 35.3 Å². The number of fused-ring (bicyclic) bond motifs is 1. The first-order chi connectivity index (χ1) is 17.3. The maximum atomic E-state index is 14.0. The number of likely N-dealkylation sites (tertiary alicyclic amines) is 1. The third-order valence-electron chi connectivity index (χ3n) is 7.92. The fraction of sp³-hybridized carbons (Fsp3) is 0.481. The van der Waals surface area contributed by atoms with Crippen LogP contribution in [-0.2, 0) is 0 Å². The van der Waals surface area contributed by atoms with Crippen molar-refractivity contribution in [3.05, 3.63) is 69.0 Å². The lowest BCUT2D eigenvalue weighted by Crippen LogP contribution is -2.54. The van der Waals surface area contributed by atoms with Crippen molar-refractivity contribution in [3.63, 3.8) is 0 Å². The molecule has 3 heterocycles. The molecule has 1 N–H and O–H groups in total. The van der Waals surface area contributed by atoms with Gasteiger partial charge in [-0.3, -0.25) is 4.79 Å². The zero-order chi connectivity index (χ0) is 25.4. The van der Waals surface area contributed by atoms with Crippen molar-refractivity contribution in [3.8, 4) is 0 Å². The topological polar surface area (TPSA) is 55.9 Å². The van der Waals surface area contributed by atoms with Crippen LogP contribution in [-0.4, -0.2) is 72.5 Å². The second-order valence-electron chi connectivity index (χ2n) is 10.0. The lowest BCUT2D eigenvalue weighted by Gasteiger charge is -2.40. The highest BCUT2D eigenvalue weighted by Crippen LogP contribution is 2.45. The number of carbonyl (C=O) groups excluding carboxylic acids is 2. The smallest absolute Gasteiger partial charge is 0.317 e. The molecule has 2 aromatic carbocycles. The number of benzene rings is 2. The van der Waals surface area contributed by atoms with Gasteiger partial charge in [-0.25, -0.2) is 9.18 Å². The number of carbonyl (C=O) groups is 2. The van der Waals surface area contributed by atoms with E-state index < -0.39 is 5.82 Å². The minimum atomic E-state index is -0.410. The van der Waals surface area contributed by atoms with Crippen LogP contribution in [0, 0.1) is 5.82 Å². The summed E-state index contributed by atoms with van der Waals surface area (Å²) in [5.74, 6) is -0.612. The first-order valence-corrected chi connectivity index (χ1v) is 13.4. The van der Waals surface area contributed by atoms with Gasteiger partial charge in [-0.15, -0.1) is 12.4 Å². The van der Waals surface area contributed by atoms with Gasteiger partial charge in [0.1, 0.15) is 5.82 Å². The van der Waals surface area contributed by atoms with Gasteiger partial charge in [0.05, 0.1) is 16.1 Å². The fourth-order valence-corrected chi connectivity index (χ4v) is 6.31. The summed E-state index contributed by atoms with van der Waals surface area (Å²) < 4.78 is 14.0. The summed E-state index contributed by atoms with van der Waals surface area (Å²) in [6, 6.07) is 10.3. The molecule has 2 saturated heterocycles. The monoisotopic (exact) mass is 568 g/mol. The summed E-state index contributed by atoms with van der Waals surface area (Å²) in [6.45, 7) is 4.28. The maximum absolute atomic E-state index is 14.0. The molecule has 0 saturated carbocycles. The lowest BCUT2D eigenvalue weighted by molar-refractivity contribution is 0.0740. The van der Waals surface area contributed by atoms with Crippen LogP contribution < -0.4 is 5.32 Å². The van der Waals surface area contributed by atoms with Gasteiger partial charge in [0.15, 0.2) is 0 Å². The van der Waals surface area contributed by atoms with Crippen LogP contribution in [0.25, 0.3) is 0 Å². The number of halogens is 4. The van der Waals surface area contributed by atoms with Crippen molar-refractivity contribution in [2.45, 2.75) is 43.7 Å². The summed E-state index contributed by atoms with van der Waals surface area (Å²) in [5, 5.41) is 3.92. The van der Waals surface area contributed by atoms with Crippen molar-refractivity contribution in [2.24, 2.45) is 0 Å². The Hall–Kier alpha value is -2.06. The first-order valence-electron chi connectivity index (χ1n) is 12.6. The highest BCUT2D eigenvalue weighted by atomic mass is 35.5. The number of nitrogens with one attached hydrogen (secondary N) is 1. The molecule has 3 aliphatic rings. The van der Waals surface area contributed by atoms with Gasteiger partial charge in [0.25, 0.3) is 5.91 Å². The predicted molar refractivity (Wildman–Crippen MR) is 146 cm³/mol. The highest BCUT2D eigenvalue weighted by molar-refractivity contribution is 6.42. The summed E-state index contributed by atoms with van der Waals surface area (Å²) in [5.41, 5.74) is 2.27. The zero-order valence-corrected chi connectivity index (χ0v) is 23.1. The van der Waals surface area contributed by atoms with Crippen LogP contribution in [0.4, 0.5) is 9.18 Å². The van der Waals surface area contributed by atoms with Crippen LogP contribution in [0.5, 0.6) is 0 Å². The van der Waals surface area contributed by atoms with E-state index in [0.29, 0.717) is 15.6 Å². The first kappa shape index (κ1) is 28.0. The molecule has 2 aromatic rings. The molecule has 0 bridgehead atoms. The number of hydrogen-bond donors (Lipinski definition) is 1. The van der Waals surface area contributed by atoms with E-state index >= 15 is 0 Å². The Morgan fingerprint density at radius 2 is 1.81 bits per heavy atom. The average Bonchev–Trinajstić information content (AvgIpc) is 3.12. The fourth-order valence-electron chi connectivity index (χ4n) is 6.01. The minimum Gasteiger partial charge on any atom is -0.338 e. The third-order valence-corrected chi connectivity index (χ3v) is 8.66. The van der Waals surface area contributed by atoms with Gasteiger partial charge in [-0.2, -0.15) is 0 Å². The van der Waals surface area contributed by atoms with Crippen LogP contribution in [0.1, 0.15) is 59.1 Å². The Balaban J connectivity index is 0.00000320. The molecule has 2 unspecified atom stereocenters. The Labute approximate surface area is 233 Å². The molecule has 5 rings (SSSR count). The van der Waals surface area contributed by atoms with Gasteiger partial charge in [0.2, 0.25) is 0 Å². The molecule has 200 valence electrons. The summed E-state index contributed by atoms with van der Waals surface area (Å²) >= 11 is 12.6. The van der Waals surface area contributed by atoms with Crippen molar-refractivity contribution in [1.29, 1.82) is 0 Å². The normalized spacial score (nSPS) is 21.5. The van der Waals surface area contributed by atoms with Crippen LogP contribution >= 0.6 is 35.6 Å². The number of piperidine rings is 1. The summed E-state index contributed by atoms with van der Waals surface area (Å²) in [7, 11) is 1.78. The predicted octanol–water partition coefficient (Wildman–Crippen LogP) is 5.73. The van der Waals surface area contributed by atoms with E-state index in [2.05, 4.69) is 10.2 Å². The van der Waals surface area contributed by atoms with Crippen LogP contribution in [0.15, 0.2) is 36.4 Å². The molecule has 0 radical (unpaired) electrons. The number of urea groups is 1. The SMILES string of the molecule is CN1C(=O)c2cc(F)ccc2C1C(CCN1CCC(N2CCCNC2=O)CC1)c1ccc(Cl)c(Cl)c1.Cl. The Bertz CT molecular complexity index is 1160. The van der Waals surface area contributed by atoms with Crippen molar-refractivity contribution < 1.29 is 14.0 Å². The molecule has 6 nitrogen and oxygen atoms in total. The standard InChI is InChI=1S/C27H31Cl2FN4O2.ClH/c1-32-25(21-5-4-18(30)16-22(21)26(32)35)20(17-3-6-23(28)24(29)15-17)9-14-33-12-7-19(8-13-33)34-11-2-10-31-27(34)36;/h3-6,15-16,19-20,25H,2,7-14H2,1H3,(H,31,36);1H. The maximum Gasteiger partial charge on any atom is 0.317 e. The number of likely N-dealkylation sites (N-methyl/N-ethyl adjacent to an activating group) is 1. The van der Waals surface area contributed by atoms with E-state index in [1.165, 1.54) is 12.1 Å². The largest absolute Gasteiger partial charge is 0.338 e. The summed E-state index contributed by atoms with van der Waals surface area (Å²) in [6.07, 6.45) is 3.70. The highest BCUT2D eigenvalue weighted by Gasteiger charge is 2.40. The third kappa shape index (κ3) is 5.70. The van der Waals surface area contributed by atoms with E-state index in [-0.39, 0.29) is 42.3 Å². The molecule has 0 aromatic heterocycles. The summed E-state index contributed by atoms with van der Waals surface area (Å²) in [4.78, 5) is 31.4. The lowest BCUT2D eigenvalue weighted by atomic mass is 9.84. The van der Waals surface area contributed by atoms with E-state index in [4.69, 9.17) is 23.2 Å². The molecular formula is C27H32Cl3FN4O2. The molecule has 0 aliphatic carbocycles. The van der Waals surface area contributed by atoms with Crippen molar-refractivity contribution in [2.75, 3.05) is 39.8 Å². The number of amides is 3. The molecular weight excluding hydrogens is 538 g/mol. The van der Waals surface area contributed by atoms with Gasteiger partial charge >= 0.3 is 6.03 Å². The number of nitrogens with zero attached hydrogens (tertiary/aromatic N) is 3. The molecule has 2 fully saturated rings. The van der Waals surface area contributed by atoms with E-state index in [9.17, 15) is 14.0 Å². The Kier molecular flexibility index (Phi) is 8.89. The molecule has 2 atom stereocenters. The van der Waals surface area contributed by atoms with E-state index in [1.807, 2.05) is 17.0 Å². The second kappa shape index (κ2) is 11.8. The second-order valence-corrected chi connectivity index (χ2v) is 10.8. The van der Waals surface area contributed by atoms with Crippen LogP contribution in [0.2, 0.25) is 10.0 Å². The molecule has 3 amide bonds. The van der Waals surface area contributed by atoms with Gasteiger partial charge in [0, 0.05) is 50.7 Å². The van der Waals surface area contributed by atoms with Gasteiger partial charge < -0.3 is 20.0 Å². The molecule has 0 spiro atoms. The van der Waals surface area contributed by atoms with Crippen molar-refractivity contribution >= 4 is 47.5 Å². The number of hydrogen-bond acceptors (Lipinski definition) is 3. The molecule has 3 aliphatic heterocycles. The van der Waals surface area contributed by atoms with Crippen molar-refractivity contribution in [1.82, 2.24) is 20.0 Å². The Morgan fingerprint density at radius 1 is 1.05 bits per heavy atom. The minimum absolute atomic E-state index is 0. The Morgan fingerprint density at radius 3 is 2.51 bits per heavy atom.